The second-order valence-corrected chi connectivity index (χ2v) is 9.88. The van der Waals surface area contributed by atoms with Gasteiger partial charge in [0.1, 0.15) is 5.65 Å². The van der Waals surface area contributed by atoms with Gasteiger partial charge in [-0.3, -0.25) is 9.69 Å². The zero-order valence-corrected chi connectivity index (χ0v) is 20.3. The molecular weight excluding hydrogens is 432 g/mol. The minimum atomic E-state index is 0.00640. The Labute approximate surface area is 200 Å². The number of likely N-dealkylation sites (tertiary alicyclic amines) is 1. The number of rotatable bonds is 3. The summed E-state index contributed by atoms with van der Waals surface area (Å²) in [4.78, 5) is 22.3. The first-order valence-electron chi connectivity index (χ1n) is 11.8. The van der Waals surface area contributed by atoms with Crippen LogP contribution in [0.25, 0.3) is 11.2 Å². The summed E-state index contributed by atoms with van der Waals surface area (Å²) in [5, 5.41) is 0. The number of alkyl halides is 1. The number of nitrogens with zero attached hydrogens (tertiary/aromatic N) is 4. The van der Waals surface area contributed by atoms with Crippen molar-refractivity contribution in [1.82, 2.24) is 19.2 Å². The summed E-state index contributed by atoms with van der Waals surface area (Å²) < 4.78 is 2.03. The highest BCUT2D eigenvalue weighted by atomic mass is 35.5. The van der Waals surface area contributed by atoms with Gasteiger partial charge in [0.15, 0.2) is 0 Å². The van der Waals surface area contributed by atoms with Gasteiger partial charge in [0.05, 0.1) is 11.6 Å². The van der Waals surface area contributed by atoms with Gasteiger partial charge in [0.2, 0.25) is 0 Å². The van der Waals surface area contributed by atoms with Crippen LogP contribution in [0.15, 0.2) is 60.2 Å². The highest BCUT2D eigenvalue weighted by Gasteiger charge is 2.26. The number of halogens is 1. The van der Waals surface area contributed by atoms with Crippen molar-refractivity contribution in [3.63, 3.8) is 0 Å². The molecule has 172 valence electrons. The predicted molar refractivity (Wildman–Crippen MR) is 134 cm³/mol. The molecule has 3 aliphatic rings. The van der Waals surface area contributed by atoms with Gasteiger partial charge >= 0.3 is 0 Å². The summed E-state index contributed by atoms with van der Waals surface area (Å²) in [7, 11) is 2.18. The number of hydrogen-bond acceptors (Lipinski definition) is 3. The molecule has 0 aromatic carbocycles. The fourth-order valence-electron chi connectivity index (χ4n) is 5.15. The summed E-state index contributed by atoms with van der Waals surface area (Å²) in [6, 6.07) is 2.09. The summed E-state index contributed by atoms with van der Waals surface area (Å²) in [5.41, 5.74) is 7.11. The Morgan fingerprint density at radius 3 is 2.73 bits per heavy atom. The largest absolute Gasteiger partial charge is 0.306 e. The van der Waals surface area contributed by atoms with Crippen LogP contribution in [0, 0.1) is 18.8 Å². The van der Waals surface area contributed by atoms with Crippen molar-refractivity contribution < 1.29 is 4.79 Å². The van der Waals surface area contributed by atoms with Crippen LogP contribution in [-0.2, 0) is 10.7 Å². The molecule has 6 heteroatoms. The predicted octanol–water partition coefficient (Wildman–Crippen LogP) is 5.31. The lowest BCUT2D eigenvalue weighted by atomic mass is 9.87. The van der Waals surface area contributed by atoms with Crippen molar-refractivity contribution in [3.8, 4) is 0 Å². The lowest BCUT2D eigenvalue weighted by Gasteiger charge is -2.33. The van der Waals surface area contributed by atoms with Crippen molar-refractivity contribution in [3.05, 3.63) is 77.1 Å². The van der Waals surface area contributed by atoms with Crippen LogP contribution >= 0.6 is 11.6 Å². The number of amides is 1. The molecule has 1 unspecified atom stereocenters. The highest BCUT2D eigenvalue weighted by molar-refractivity contribution is 6.17. The number of pyridine rings is 1. The molecule has 0 spiro atoms. The van der Waals surface area contributed by atoms with E-state index in [1.807, 2.05) is 28.5 Å². The van der Waals surface area contributed by atoms with Crippen molar-refractivity contribution in [2.75, 3.05) is 20.1 Å². The van der Waals surface area contributed by atoms with Crippen LogP contribution in [0.1, 0.15) is 43.0 Å². The molecule has 5 nitrogen and oxygen atoms in total. The Morgan fingerprint density at radius 2 is 1.97 bits per heavy atom. The number of carbonyl (C=O) groups is 1. The standard InChI is InChI=1S/C27H31ClN4O/c1-18-4-6-24-7-5-21(20-8-10-30(3)11-9-20)17-32(24)26(33)13-25(18)23-12-22(14-28)27-29-19(2)15-31(27)16-23/h5-7,12-13,15-18,20H,4,8-11,14H2,1-3H3. The highest BCUT2D eigenvalue weighted by Crippen LogP contribution is 2.34. The van der Waals surface area contributed by atoms with Gasteiger partial charge in [-0.05, 0) is 87.0 Å². The maximum absolute atomic E-state index is 13.5. The first kappa shape index (κ1) is 22.2. The van der Waals surface area contributed by atoms with E-state index in [2.05, 4.69) is 60.5 Å². The zero-order valence-electron chi connectivity index (χ0n) is 19.6. The summed E-state index contributed by atoms with van der Waals surface area (Å²) in [5.74, 6) is 1.11. The smallest absolute Gasteiger partial charge is 0.255 e. The van der Waals surface area contributed by atoms with E-state index in [0.717, 1.165) is 66.1 Å². The van der Waals surface area contributed by atoms with E-state index in [1.54, 1.807) is 0 Å². The molecule has 3 aliphatic heterocycles. The molecule has 0 saturated carbocycles. The molecular formula is C27H31ClN4O. The summed E-state index contributed by atoms with van der Waals surface area (Å²) in [6.07, 6.45) is 17.6. The number of hydrogen-bond donors (Lipinski definition) is 0. The fourth-order valence-corrected chi connectivity index (χ4v) is 5.35. The van der Waals surface area contributed by atoms with Crippen molar-refractivity contribution in [1.29, 1.82) is 0 Å². The van der Waals surface area contributed by atoms with Crippen molar-refractivity contribution >= 4 is 28.7 Å². The number of allylic oxidation sites excluding steroid dienone is 5. The Hall–Kier alpha value is -2.63. The lowest BCUT2D eigenvalue weighted by Crippen LogP contribution is -2.32. The van der Waals surface area contributed by atoms with E-state index < -0.39 is 0 Å². The zero-order chi connectivity index (χ0) is 23.1. The number of aromatic nitrogens is 2. The van der Waals surface area contributed by atoms with E-state index in [4.69, 9.17) is 11.6 Å². The van der Waals surface area contributed by atoms with E-state index >= 15 is 0 Å². The Balaban J connectivity index is 1.50. The number of imidazole rings is 1. The van der Waals surface area contributed by atoms with E-state index in [1.165, 1.54) is 5.57 Å². The molecule has 33 heavy (non-hydrogen) atoms. The molecule has 0 bridgehead atoms. The van der Waals surface area contributed by atoms with Gasteiger partial charge in [-0.15, -0.1) is 11.6 Å². The van der Waals surface area contributed by atoms with Crippen molar-refractivity contribution in [2.45, 2.75) is 39.0 Å². The maximum Gasteiger partial charge on any atom is 0.255 e. The Morgan fingerprint density at radius 1 is 1.18 bits per heavy atom. The molecule has 1 saturated heterocycles. The molecule has 0 N–H and O–H groups in total. The monoisotopic (exact) mass is 462 g/mol. The number of fused-ring (bicyclic) bond motifs is 2. The molecule has 5 rings (SSSR count). The molecule has 2 aromatic heterocycles. The van der Waals surface area contributed by atoms with E-state index in [-0.39, 0.29) is 11.8 Å². The van der Waals surface area contributed by atoms with Crippen LogP contribution in [0.5, 0.6) is 0 Å². The average Bonchev–Trinajstić information content (AvgIpc) is 3.20. The minimum absolute atomic E-state index is 0.00640. The van der Waals surface area contributed by atoms with Gasteiger partial charge in [-0.25, -0.2) is 4.98 Å². The minimum Gasteiger partial charge on any atom is -0.306 e. The van der Waals surface area contributed by atoms with Crippen LogP contribution in [-0.4, -0.2) is 45.2 Å². The first-order chi connectivity index (χ1) is 15.9. The van der Waals surface area contributed by atoms with Crippen LogP contribution < -0.4 is 0 Å². The normalized spacial score (nSPS) is 22.5. The third-order valence-electron chi connectivity index (χ3n) is 7.15. The SMILES string of the molecule is Cc1cn2cc(C3=CC(=O)N4C=C(C5CCN(C)CC5)C=CC4=CCC3C)cc(CCl)c2n1. The quantitative estimate of drug-likeness (QED) is 0.580. The molecule has 1 fully saturated rings. The number of aryl methyl sites for hydroxylation is 1. The van der Waals surface area contributed by atoms with Crippen LogP contribution in [0.2, 0.25) is 0 Å². The maximum atomic E-state index is 13.5. The molecule has 1 atom stereocenters. The van der Waals surface area contributed by atoms with Gasteiger partial charge in [-0.1, -0.05) is 19.1 Å². The number of piperidine rings is 1. The Kier molecular flexibility index (Phi) is 6.02. The molecule has 2 aromatic rings. The summed E-state index contributed by atoms with van der Waals surface area (Å²) >= 11 is 6.26. The van der Waals surface area contributed by atoms with Gasteiger partial charge in [0, 0.05) is 35.9 Å². The van der Waals surface area contributed by atoms with Gasteiger partial charge in [0.25, 0.3) is 5.91 Å². The van der Waals surface area contributed by atoms with Crippen molar-refractivity contribution in [2.24, 2.45) is 11.8 Å². The number of carbonyl (C=O) groups excluding carboxylic acids is 1. The average molecular weight is 463 g/mol. The van der Waals surface area contributed by atoms with Gasteiger partial charge < -0.3 is 9.30 Å². The van der Waals surface area contributed by atoms with Gasteiger partial charge in [-0.2, -0.15) is 0 Å². The second kappa shape index (κ2) is 8.96. The molecule has 5 heterocycles. The fraction of sp³-hybridized carbons (Fsp3) is 0.407. The first-order valence-corrected chi connectivity index (χ1v) is 12.3. The Bertz CT molecular complexity index is 1210. The van der Waals surface area contributed by atoms with E-state index in [0.29, 0.717) is 11.8 Å². The molecule has 0 aliphatic carbocycles. The molecule has 1 amide bonds. The topological polar surface area (TPSA) is 40.9 Å². The van der Waals surface area contributed by atoms with Crippen LogP contribution in [0.4, 0.5) is 0 Å². The lowest BCUT2D eigenvalue weighted by molar-refractivity contribution is -0.122. The summed E-state index contributed by atoms with van der Waals surface area (Å²) in [6.45, 7) is 6.37. The molecule has 0 radical (unpaired) electrons. The van der Waals surface area contributed by atoms with E-state index in [9.17, 15) is 4.79 Å². The third-order valence-corrected chi connectivity index (χ3v) is 7.43. The third kappa shape index (κ3) is 4.32. The second-order valence-electron chi connectivity index (χ2n) is 9.61. The van der Waals surface area contributed by atoms with Crippen LogP contribution in [0.3, 0.4) is 0 Å².